The highest BCUT2D eigenvalue weighted by molar-refractivity contribution is 6.28. The summed E-state index contributed by atoms with van der Waals surface area (Å²) >= 11 is 5.27. The molecule has 1 rings (SSSR count). The van der Waals surface area contributed by atoms with Crippen molar-refractivity contribution in [3.05, 3.63) is 0 Å². The van der Waals surface area contributed by atoms with Gasteiger partial charge in [0.05, 0.1) is 5.88 Å². The molecule has 0 aromatic heterocycles. The largest absolute Gasteiger partial charge is 0.471 e. The van der Waals surface area contributed by atoms with E-state index in [4.69, 9.17) is 11.6 Å². The zero-order chi connectivity index (χ0) is 12.3. The van der Waals surface area contributed by atoms with Crippen molar-refractivity contribution < 1.29 is 22.8 Å². The molecule has 1 amide bonds. The van der Waals surface area contributed by atoms with Crippen molar-refractivity contribution in [2.75, 3.05) is 25.5 Å². The standard InChI is InChI=1S/C8H10ClF3N2O2/c9-3-6(15)5-4-13-1-2-14(5)7(16)8(10,11)12/h5,13H,1-4H2. The van der Waals surface area contributed by atoms with Crippen LogP contribution < -0.4 is 5.32 Å². The van der Waals surface area contributed by atoms with Gasteiger partial charge >= 0.3 is 12.1 Å². The van der Waals surface area contributed by atoms with Crippen molar-refractivity contribution in [3.8, 4) is 0 Å². The minimum absolute atomic E-state index is 0.00731. The Morgan fingerprint density at radius 3 is 2.56 bits per heavy atom. The number of hydrogen-bond acceptors (Lipinski definition) is 3. The number of carbonyl (C=O) groups excluding carboxylic acids is 2. The van der Waals surface area contributed by atoms with Gasteiger partial charge in [-0.3, -0.25) is 9.59 Å². The summed E-state index contributed by atoms with van der Waals surface area (Å²) in [5.41, 5.74) is 0. The molecular formula is C8H10ClF3N2O2. The highest BCUT2D eigenvalue weighted by Gasteiger charge is 2.46. The first kappa shape index (κ1) is 13.2. The van der Waals surface area contributed by atoms with Gasteiger partial charge < -0.3 is 10.2 Å². The molecule has 1 fully saturated rings. The molecular weight excluding hydrogens is 249 g/mol. The van der Waals surface area contributed by atoms with E-state index in [1.165, 1.54) is 0 Å². The minimum Gasteiger partial charge on any atom is -0.322 e. The second-order valence-electron chi connectivity index (χ2n) is 3.32. The number of ketones is 1. The molecule has 0 aromatic carbocycles. The summed E-state index contributed by atoms with van der Waals surface area (Å²) in [5, 5.41) is 2.75. The number of hydrogen-bond donors (Lipinski definition) is 1. The maximum Gasteiger partial charge on any atom is 0.471 e. The predicted molar refractivity (Wildman–Crippen MR) is 50.2 cm³/mol. The average molecular weight is 259 g/mol. The van der Waals surface area contributed by atoms with E-state index < -0.39 is 29.8 Å². The summed E-state index contributed by atoms with van der Waals surface area (Å²) < 4.78 is 36.7. The summed E-state index contributed by atoms with van der Waals surface area (Å²) in [7, 11) is 0. The van der Waals surface area contributed by atoms with E-state index in [1.807, 2.05) is 0 Å². The molecule has 1 unspecified atom stereocenters. The SMILES string of the molecule is O=C(CCl)C1CNCCN1C(=O)C(F)(F)F. The summed E-state index contributed by atoms with van der Waals surface area (Å²) in [5.74, 6) is -2.99. The van der Waals surface area contributed by atoms with Crippen molar-refractivity contribution in [2.24, 2.45) is 0 Å². The van der Waals surface area contributed by atoms with Crippen LogP contribution in [0.5, 0.6) is 0 Å². The molecule has 0 aliphatic carbocycles. The number of Topliss-reactive ketones (excluding diaryl/α,β-unsaturated/α-hetero) is 1. The molecule has 1 aliphatic heterocycles. The molecule has 0 bridgehead atoms. The lowest BCUT2D eigenvalue weighted by Crippen LogP contribution is -2.60. The third kappa shape index (κ3) is 2.85. The molecule has 8 heteroatoms. The van der Waals surface area contributed by atoms with Crippen molar-refractivity contribution in [2.45, 2.75) is 12.2 Å². The van der Waals surface area contributed by atoms with Gasteiger partial charge in [-0.05, 0) is 0 Å². The van der Waals surface area contributed by atoms with Crippen LogP contribution >= 0.6 is 11.6 Å². The van der Waals surface area contributed by atoms with E-state index in [9.17, 15) is 22.8 Å². The fraction of sp³-hybridized carbons (Fsp3) is 0.750. The van der Waals surface area contributed by atoms with Gasteiger partial charge in [0.25, 0.3) is 0 Å². The van der Waals surface area contributed by atoms with E-state index >= 15 is 0 Å². The smallest absolute Gasteiger partial charge is 0.322 e. The molecule has 1 atom stereocenters. The van der Waals surface area contributed by atoms with Gasteiger partial charge in [0, 0.05) is 19.6 Å². The Balaban J connectivity index is 2.82. The maximum absolute atomic E-state index is 12.2. The Morgan fingerprint density at radius 1 is 1.44 bits per heavy atom. The molecule has 16 heavy (non-hydrogen) atoms. The zero-order valence-corrected chi connectivity index (χ0v) is 8.94. The lowest BCUT2D eigenvalue weighted by atomic mass is 10.1. The van der Waals surface area contributed by atoms with Crippen LogP contribution in [0.2, 0.25) is 0 Å². The Hall–Kier alpha value is -0.820. The number of amides is 1. The van der Waals surface area contributed by atoms with E-state index in [1.54, 1.807) is 0 Å². The third-order valence-corrected chi connectivity index (χ3v) is 2.51. The highest BCUT2D eigenvalue weighted by Crippen LogP contribution is 2.21. The van der Waals surface area contributed by atoms with Crippen LogP contribution in [0.4, 0.5) is 13.2 Å². The van der Waals surface area contributed by atoms with E-state index in [2.05, 4.69) is 5.32 Å². The van der Waals surface area contributed by atoms with Crippen molar-refractivity contribution in [1.29, 1.82) is 0 Å². The number of alkyl halides is 4. The van der Waals surface area contributed by atoms with Gasteiger partial charge in [0.2, 0.25) is 0 Å². The Bertz CT molecular complexity index is 295. The molecule has 1 saturated heterocycles. The van der Waals surface area contributed by atoms with Gasteiger partial charge in [-0.25, -0.2) is 0 Å². The quantitative estimate of drug-likeness (QED) is 0.718. The Morgan fingerprint density at radius 2 is 2.06 bits per heavy atom. The number of rotatable bonds is 2. The third-order valence-electron chi connectivity index (χ3n) is 2.25. The number of nitrogens with zero attached hydrogens (tertiary/aromatic N) is 1. The first-order chi connectivity index (χ1) is 7.38. The number of piperazine rings is 1. The van der Waals surface area contributed by atoms with E-state index in [-0.39, 0.29) is 19.6 Å². The second-order valence-corrected chi connectivity index (χ2v) is 3.58. The van der Waals surface area contributed by atoms with Crippen LogP contribution in [0, 0.1) is 0 Å². The van der Waals surface area contributed by atoms with Gasteiger partial charge in [0.1, 0.15) is 6.04 Å². The predicted octanol–water partition coefficient (Wildman–Crippen LogP) is 0.157. The molecule has 1 N–H and O–H groups in total. The first-order valence-electron chi connectivity index (χ1n) is 4.55. The number of halogens is 4. The van der Waals surface area contributed by atoms with E-state index in [0.717, 1.165) is 0 Å². The van der Waals surface area contributed by atoms with Crippen molar-refractivity contribution in [1.82, 2.24) is 10.2 Å². The first-order valence-corrected chi connectivity index (χ1v) is 5.08. The van der Waals surface area contributed by atoms with Gasteiger partial charge in [-0.1, -0.05) is 0 Å². The topological polar surface area (TPSA) is 49.4 Å². The molecule has 0 spiro atoms. The second kappa shape index (κ2) is 5.01. The zero-order valence-electron chi connectivity index (χ0n) is 8.18. The van der Waals surface area contributed by atoms with Gasteiger partial charge in [-0.2, -0.15) is 13.2 Å². The lowest BCUT2D eigenvalue weighted by Gasteiger charge is -2.35. The molecule has 0 radical (unpaired) electrons. The monoisotopic (exact) mass is 258 g/mol. The average Bonchev–Trinajstić information content (AvgIpc) is 2.25. The summed E-state index contributed by atoms with van der Waals surface area (Å²) in [6, 6.07) is -1.12. The van der Waals surface area contributed by atoms with Crippen LogP contribution in [-0.2, 0) is 9.59 Å². The maximum atomic E-state index is 12.2. The van der Waals surface area contributed by atoms with Gasteiger partial charge in [-0.15, -0.1) is 11.6 Å². The molecule has 4 nitrogen and oxygen atoms in total. The molecule has 1 aliphatic rings. The summed E-state index contributed by atoms with van der Waals surface area (Å²) in [6.07, 6.45) is -4.96. The van der Waals surface area contributed by atoms with Gasteiger partial charge in [0.15, 0.2) is 5.78 Å². The Kier molecular flexibility index (Phi) is 4.15. The molecule has 0 saturated carbocycles. The minimum atomic E-state index is -4.96. The van der Waals surface area contributed by atoms with Crippen LogP contribution in [0.1, 0.15) is 0 Å². The fourth-order valence-corrected chi connectivity index (χ4v) is 1.67. The molecule has 0 aromatic rings. The number of carbonyl (C=O) groups is 2. The van der Waals surface area contributed by atoms with Crippen LogP contribution in [-0.4, -0.2) is 54.3 Å². The number of nitrogens with one attached hydrogen (secondary N) is 1. The van der Waals surface area contributed by atoms with Crippen LogP contribution in [0.25, 0.3) is 0 Å². The lowest BCUT2D eigenvalue weighted by molar-refractivity contribution is -0.188. The van der Waals surface area contributed by atoms with E-state index in [0.29, 0.717) is 4.90 Å². The van der Waals surface area contributed by atoms with Crippen molar-refractivity contribution >= 4 is 23.3 Å². The summed E-state index contributed by atoms with van der Waals surface area (Å²) in [4.78, 5) is 22.8. The fourth-order valence-electron chi connectivity index (χ4n) is 1.49. The van der Waals surface area contributed by atoms with Crippen LogP contribution in [0.3, 0.4) is 0 Å². The molecule has 92 valence electrons. The highest BCUT2D eigenvalue weighted by atomic mass is 35.5. The Labute approximate surface area is 94.7 Å². The molecule has 1 heterocycles. The van der Waals surface area contributed by atoms with Crippen LogP contribution in [0.15, 0.2) is 0 Å². The van der Waals surface area contributed by atoms with Crippen molar-refractivity contribution in [3.63, 3.8) is 0 Å². The summed E-state index contributed by atoms with van der Waals surface area (Å²) in [6.45, 7) is 0.0902. The normalized spacial score (nSPS) is 22.0.